The zero-order valence-corrected chi connectivity index (χ0v) is 11.4. The predicted molar refractivity (Wildman–Crippen MR) is 67.6 cm³/mol. The maximum absolute atomic E-state index is 11.7. The van der Waals surface area contributed by atoms with E-state index in [1.54, 1.807) is 0 Å². The van der Waals surface area contributed by atoms with Gasteiger partial charge in [-0.1, -0.05) is 0 Å². The molecule has 1 unspecified atom stereocenters. The Labute approximate surface area is 117 Å². The molecule has 1 saturated heterocycles. The van der Waals surface area contributed by atoms with Crippen LogP contribution in [0.4, 0.5) is 5.82 Å². The lowest BCUT2D eigenvalue weighted by atomic mass is 10.1. The Morgan fingerprint density at radius 3 is 2.48 bits per heavy atom. The van der Waals surface area contributed by atoms with Gasteiger partial charge in [0, 0.05) is 6.20 Å². The standard InChI is InChI=1S/C9H14N3O8P/c10-7-4(21(17,18)19)1-12(9(16)11-7)8-6(15)5(14)3(2-13)20-8/h1,3,5-6,8,13-15H,2H2,(H2,10,11,16)(H2,17,18,19)/t3-,5-,6-,8?/m1/s1. The Hall–Kier alpha value is -1.33. The third kappa shape index (κ3) is 2.85. The van der Waals surface area contributed by atoms with E-state index in [-0.39, 0.29) is 0 Å². The first-order chi connectivity index (χ1) is 9.66. The minimum atomic E-state index is -4.80. The number of rotatable bonds is 3. The fourth-order valence-electron chi connectivity index (χ4n) is 1.99. The van der Waals surface area contributed by atoms with Gasteiger partial charge in [-0.2, -0.15) is 4.98 Å². The van der Waals surface area contributed by atoms with Gasteiger partial charge in [-0.25, -0.2) is 4.79 Å². The van der Waals surface area contributed by atoms with Crippen molar-refractivity contribution >= 4 is 18.7 Å². The van der Waals surface area contributed by atoms with E-state index in [4.69, 9.17) is 25.4 Å². The molecule has 2 heterocycles. The molecule has 0 aliphatic carbocycles. The van der Waals surface area contributed by atoms with Gasteiger partial charge in [-0.3, -0.25) is 9.13 Å². The van der Waals surface area contributed by atoms with Crippen molar-refractivity contribution in [3.05, 3.63) is 16.7 Å². The highest BCUT2D eigenvalue weighted by atomic mass is 31.2. The predicted octanol–water partition coefficient (Wildman–Crippen LogP) is -3.76. The Morgan fingerprint density at radius 2 is 2.00 bits per heavy atom. The van der Waals surface area contributed by atoms with E-state index in [1.165, 1.54) is 0 Å². The maximum Gasteiger partial charge on any atom is 0.361 e. The molecule has 2 rings (SSSR count). The van der Waals surface area contributed by atoms with Gasteiger partial charge in [0.2, 0.25) is 0 Å². The van der Waals surface area contributed by atoms with Crippen molar-refractivity contribution < 1.29 is 34.4 Å². The van der Waals surface area contributed by atoms with Crippen LogP contribution in [0.5, 0.6) is 0 Å². The van der Waals surface area contributed by atoms with Gasteiger partial charge in [0.15, 0.2) is 6.23 Å². The Bertz CT molecular complexity index is 642. The average Bonchev–Trinajstić information content (AvgIpc) is 2.65. The number of nitrogens with zero attached hydrogens (tertiary/aromatic N) is 2. The maximum atomic E-state index is 11.7. The van der Waals surface area contributed by atoms with Crippen LogP contribution in [0.2, 0.25) is 0 Å². The Balaban J connectivity index is 2.50. The highest BCUT2D eigenvalue weighted by Gasteiger charge is 2.44. The third-order valence-corrected chi connectivity index (χ3v) is 4.04. The van der Waals surface area contributed by atoms with Crippen molar-refractivity contribution in [1.29, 1.82) is 0 Å². The molecule has 1 aliphatic heterocycles. The van der Waals surface area contributed by atoms with Gasteiger partial charge in [-0.05, 0) is 0 Å². The van der Waals surface area contributed by atoms with Gasteiger partial charge >= 0.3 is 13.3 Å². The molecule has 4 atom stereocenters. The number of hydrogen-bond acceptors (Lipinski definition) is 8. The lowest BCUT2D eigenvalue weighted by Crippen LogP contribution is -2.38. The largest absolute Gasteiger partial charge is 0.394 e. The number of nitrogens with two attached hydrogens (primary N) is 1. The second-order valence-corrected chi connectivity index (χ2v) is 6.04. The van der Waals surface area contributed by atoms with Crippen molar-refractivity contribution in [2.75, 3.05) is 12.3 Å². The van der Waals surface area contributed by atoms with E-state index < -0.39 is 55.6 Å². The number of anilines is 1. The molecule has 1 aromatic rings. The molecule has 0 aromatic carbocycles. The molecule has 0 spiro atoms. The van der Waals surface area contributed by atoms with Crippen LogP contribution >= 0.6 is 7.60 Å². The number of aromatic nitrogens is 2. The first kappa shape index (κ1) is 16.0. The summed E-state index contributed by atoms with van der Waals surface area (Å²) in [5, 5.41) is 27.7. The highest BCUT2D eigenvalue weighted by Crippen LogP contribution is 2.35. The highest BCUT2D eigenvalue weighted by molar-refractivity contribution is 7.60. The monoisotopic (exact) mass is 323 g/mol. The fraction of sp³-hybridized carbons (Fsp3) is 0.556. The summed E-state index contributed by atoms with van der Waals surface area (Å²) in [6.45, 7) is -0.614. The second-order valence-electron chi connectivity index (χ2n) is 4.47. The minimum absolute atomic E-state index is 0.605. The summed E-state index contributed by atoms with van der Waals surface area (Å²) in [6.07, 6.45) is -4.94. The van der Waals surface area contributed by atoms with Gasteiger partial charge < -0.3 is 35.6 Å². The van der Waals surface area contributed by atoms with Crippen LogP contribution in [-0.2, 0) is 9.30 Å². The van der Waals surface area contributed by atoms with Crippen LogP contribution in [0.3, 0.4) is 0 Å². The van der Waals surface area contributed by atoms with Crippen molar-refractivity contribution in [2.45, 2.75) is 24.5 Å². The van der Waals surface area contributed by atoms with Crippen LogP contribution in [0.15, 0.2) is 11.0 Å². The summed E-state index contributed by atoms with van der Waals surface area (Å²) in [5.41, 5.74) is 4.25. The second kappa shape index (κ2) is 5.46. The van der Waals surface area contributed by atoms with Gasteiger partial charge in [0.25, 0.3) is 0 Å². The summed E-state index contributed by atoms with van der Waals surface area (Å²) in [5.74, 6) is -0.642. The van der Waals surface area contributed by atoms with E-state index in [2.05, 4.69) is 4.98 Å². The van der Waals surface area contributed by atoms with Gasteiger partial charge in [-0.15, -0.1) is 0 Å². The molecular weight excluding hydrogens is 309 g/mol. The zero-order valence-electron chi connectivity index (χ0n) is 10.5. The molecule has 0 bridgehead atoms. The van der Waals surface area contributed by atoms with E-state index in [0.29, 0.717) is 10.8 Å². The van der Waals surface area contributed by atoms with Gasteiger partial charge in [0.05, 0.1) is 6.61 Å². The smallest absolute Gasteiger partial charge is 0.361 e. The van der Waals surface area contributed by atoms with E-state index in [9.17, 15) is 19.6 Å². The van der Waals surface area contributed by atoms with Crippen molar-refractivity contribution in [1.82, 2.24) is 9.55 Å². The molecule has 118 valence electrons. The fourth-order valence-corrected chi connectivity index (χ4v) is 2.61. The van der Waals surface area contributed by atoms with Crippen molar-refractivity contribution in [2.24, 2.45) is 0 Å². The first-order valence-electron chi connectivity index (χ1n) is 5.74. The lowest BCUT2D eigenvalue weighted by Gasteiger charge is -2.18. The Kier molecular flexibility index (Phi) is 4.17. The van der Waals surface area contributed by atoms with Crippen molar-refractivity contribution in [3.8, 4) is 0 Å². The molecule has 1 fully saturated rings. The van der Waals surface area contributed by atoms with Crippen LogP contribution < -0.4 is 16.7 Å². The number of hydrogen-bond donors (Lipinski definition) is 6. The summed E-state index contributed by atoms with van der Waals surface area (Å²) in [7, 11) is -4.80. The number of ether oxygens (including phenoxy) is 1. The summed E-state index contributed by atoms with van der Waals surface area (Å²) < 4.78 is 17.0. The number of aliphatic hydroxyl groups excluding tert-OH is 3. The SMILES string of the molecule is Nc1nc(=O)n(C2O[C@H](CO)[C@@H](O)[C@H]2O)cc1P(=O)(O)O. The van der Waals surface area contributed by atoms with Crippen LogP contribution in [-0.4, -0.2) is 59.6 Å². The van der Waals surface area contributed by atoms with Crippen LogP contribution in [0.25, 0.3) is 0 Å². The van der Waals surface area contributed by atoms with Crippen molar-refractivity contribution in [3.63, 3.8) is 0 Å². The molecule has 0 saturated carbocycles. The molecule has 0 amide bonds. The zero-order chi connectivity index (χ0) is 15.9. The number of nitrogen functional groups attached to an aromatic ring is 1. The minimum Gasteiger partial charge on any atom is -0.394 e. The molecular formula is C9H14N3O8P. The molecule has 11 nitrogen and oxygen atoms in total. The first-order valence-corrected chi connectivity index (χ1v) is 7.35. The molecule has 21 heavy (non-hydrogen) atoms. The Morgan fingerprint density at radius 1 is 1.38 bits per heavy atom. The molecule has 0 radical (unpaired) electrons. The van der Waals surface area contributed by atoms with Gasteiger partial charge in [0.1, 0.15) is 29.4 Å². The quantitative estimate of drug-likeness (QED) is 0.301. The molecule has 1 aliphatic rings. The summed E-state index contributed by atoms with van der Waals surface area (Å²) >= 11 is 0. The molecule has 12 heteroatoms. The third-order valence-electron chi connectivity index (χ3n) is 3.07. The topological polar surface area (TPSA) is 188 Å². The average molecular weight is 323 g/mol. The molecule has 7 N–H and O–H groups in total. The lowest BCUT2D eigenvalue weighted by molar-refractivity contribution is -0.0548. The van der Waals surface area contributed by atoms with E-state index >= 15 is 0 Å². The molecule has 1 aromatic heterocycles. The normalized spacial score (nSPS) is 29.8. The van der Waals surface area contributed by atoms with E-state index in [1.807, 2.05) is 0 Å². The van der Waals surface area contributed by atoms with Crippen LogP contribution in [0.1, 0.15) is 6.23 Å². The summed E-state index contributed by atoms with van der Waals surface area (Å²) in [6, 6.07) is 0. The van der Waals surface area contributed by atoms with E-state index in [0.717, 1.165) is 0 Å². The summed E-state index contributed by atoms with van der Waals surface area (Å²) in [4.78, 5) is 33.2. The van der Waals surface area contributed by atoms with Crippen LogP contribution in [0, 0.1) is 0 Å². The number of aliphatic hydroxyl groups is 3.